The third-order valence-electron chi connectivity index (χ3n) is 1.50. The SMILES string of the molecule is CCc1ccc(OS(=O)[O-])cc1.[Zn]. The Morgan fingerprint density at radius 1 is 1.38 bits per heavy atom. The van der Waals surface area contributed by atoms with Gasteiger partial charge in [0.05, 0.1) is 0 Å². The van der Waals surface area contributed by atoms with E-state index in [0.717, 1.165) is 12.0 Å². The van der Waals surface area contributed by atoms with Crippen LogP contribution in [0.25, 0.3) is 0 Å². The van der Waals surface area contributed by atoms with Crippen molar-refractivity contribution < 1.29 is 32.4 Å². The van der Waals surface area contributed by atoms with Crippen LogP contribution in [0.2, 0.25) is 0 Å². The maximum atomic E-state index is 10.1. The first-order valence-corrected chi connectivity index (χ1v) is 4.59. The number of benzene rings is 1. The van der Waals surface area contributed by atoms with E-state index in [1.165, 1.54) is 0 Å². The zero-order valence-electron chi connectivity index (χ0n) is 7.36. The largest absolute Gasteiger partial charge is 0.740 e. The molecule has 13 heavy (non-hydrogen) atoms. The first-order valence-electron chi connectivity index (χ1n) is 3.59. The van der Waals surface area contributed by atoms with Crippen molar-refractivity contribution in [2.45, 2.75) is 13.3 Å². The van der Waals surface area contributed by atoms with Gasteiger partial charge < -0.3 is 8.74 Å². The third kappa shape index (κ3) is 4.51. The summed E-state index contributed by atoms with van der Waals surface area (Å²) < 4.78 is 24.6. The molecule has 0 N–H and O–H groups in total. The summed E-state index contributed by atoms with van der Waals surface area (Å²) in [6.45, 7) is 2.03. The van der Waals surface area contributed by atoms with Crippen LogP contribution in [0.15, 0.2) is 24.3 Å². The number of rotatable bonds is 3. The molecule has 1 aromatic carbocycles. The standard InChI is InChI=1S/C8H10O3S.Zn/c1-2-7-3-5-8(6-4-7)11-12(9)10;/h3-6H,2H2,1H3,(H,9,10);/p-1. The smallest absolute Gasteiger partial charge is 0.139 e. The summed E-state index contributed by atoms with van der Waals surface area (Å²) in [5.74, 6) is 0.348. The molecule has 0 saturated heterocycles. The monoisotopic (exact) mass is 249 g/mol. The van der Waals surface area contributed by atoms with Crippen molar-refractivity contribution in [3.8, 4) is 5.75 Å². The Balaban J connectivity index is 0.00000144. The summed E-state index contributed by atoms with van der Waals surface area (Å²) in [5, 5.41) is 0. The minimum atomic E-state index is -2.48. The Labute approximate surface area is 92.7 Å². The van der Waals surface area contributed by atoms with Crippen LogP contribution in [-0.2, 0) is 37.3 Å². The van der Waals surface area contributed by atoms with Crippen molar-refractivity contribution in [2.24, 2.45) is 0 Å². The molecule has 0 aromatic heterocycles. The molecule has 68 valence electrons. The predicted molar refractivity (Wildman–Crippen MR) is 45.4 cm³/mol. The summed E-state index contributed by atoms with van der Waals surface area (Å²) in [4.78, 5) is 0. The van der Waals surface area contributed by atoms with Gasteiger partial charge in [-0.25, -0.2) is 4.21 Å². The summed E-state index contributed by atoms with van der Waals surface area (Å²) >= 11 is -2.48. The normalized spacial score (nSPS) is 11.5. The molecule has 0 fully saturated rings. The molecular formula is C8H9O3SZn-. The van der Waals surface area contributed by atoms with Crippen LogP contribution in [0.5, 0.6) is 5.75 Å². The Morgan fingerprint density at radius 3 is 2.31 bits per heavy atom. The quantitative estimate of drug-likeness (QED) is 0.602. The molecule has 0 bridgehead atoms. The fourth-order valence-electron chi connectivity index (χ4n) is 0.859. The molecule has 1 atom stereocenters. The molecule has 0 aliphatic heterocycles. The minimum absolute atomic E-state index is 0. The van der Waals surface area contributed by atoms with Crippen LogP contribution in [0.1, 0.15) is 12.5 Å². The van der Waals surface area contributed by atoms with E-state index in [-0.39, 0.29) is 19.5 Å². The van der Waals surface area contributed by atoms with Crippen LogP contribution in [0.3, 0.4) is 0 Å². The van der Waals surface area contributed by atoms with Gasteiger partial charge in [-0.05, 0) is 24.1 Å². The van der Waals surface area contributed by atoms with Gasteiger partial charge in [0.15, 0.2) is 0 Å². The van der Waals surface area contributed by atoms with Crippen molar-refractivity contribution in [2.75, 3.05) is 0 Å². The summed E-state index contributed by atoms with van der Waals surface area (Å²) in [6, 6.07) is 6.94. The van der Waals surface area contributed by atoms with Gasteiger partial charge in [0, 0.05) is 19.5 Å². The van der Waals surface area contributed by atoms with E-state index in [2.05, 4.69) is 4.18 Å². The van der Waals surface area contributed by atoms with Gasteiger partial charge in [0.25, 0.3) is 0 Å². The fraction of sp³-hybridized carbons (Fsp3) is 0.250. The van der Waals surface area contributed by atoms with E-state index in [1.807, 2.05) is 19.1 Å². The van der Waals surface area contributed by atoms with Crippen LogP contribution < -0.4 is 4.18 Å². The van der Waals surface area contributed by atoms with E-state index < -0.39 is 11.4 Å². The first-order chi connectivity index (χ1) is 5.72. The van der Waals surface area contributed by atoms with E-state index in [4.69, 9.17) is 0 Å². The Hall–Kier alpha value is -0.247. The molecule has 1 unspecified atom stereocenters. The van der Waals surface area contributed by atoms with Crippen LogP contribution in [0.4, 0.5) is 0 Å². The van der Waals surface area contributed by atoms with Gasteiger partial charge >= 0.3 is 0 Å². The van der Waals surface area contributed by atoms with Crippen molar-refractivity contribution >= 4 is 11.4 Å². The van der Waals surface area contributed by atoms with Gasteiger partial charge in [-0.2, -0.15) is 0 Å². The third-order valence-corrected chi connectivity index (χ3v) is 1.82. The first kappa shape index (κ1) is 12.8. The number of aryl methyl sites for hydroxylation is 1. The van der Waals surface area contributed by atoms with Gasteiger partial charge in [-0.3, -0.25) is 0 Å². The fourth-order valence-corrected chi connectivity index (χ4v) is 1.13. The average molecular weight is 251 g/mol. The summed E-state index contributed by atoms with van der Waals surface area (Å²) in [7, 11) is 0. The maximum Gasteiger partial charge on any atom is 0.139 e. The van der Waals surface area contributed by atoms with Crippen LogP contribution >= 0.6 is 0 Å². The van der Waals surface area contributed by atoms with E-state index >= 15 is 0 Å². The van der Waals surface area contributed by atoms with Gasteiger partial charge in [0.2, 0.25) is 0 Å². The molecule has 0 saturated carbocycles. The Kier molecular flexibility index (Phi) is 6.13. The van der Waals surface area contributed by atoms with Gasteiger partial charge in [-0.1, -0.05) is 19.1 Å². The van der Waals surface area contributed by atoms with Gasteiger partial charge in [0.1, 0.15) is 17.1 Å². The van der Waals surface area contributed by atoms with E-state index in [1.54, 1.807) is 12.1 Å². The topological polar surface area (TPSA) is 49.4 Å². The molecule has 5 heteroatoms. The molecular weight excluding hydrogens is 242 g/mol. The molecule has 0 aliphatic rings. The number of hydrogen-bond acceptors (Lipinski definition) is 3. The summed E-state index contributed by atoms with van der Waals surface area (Å²) in [5.41, 5.74) is 1.15. The molecule has 1 aromatic rings. The molecule has 0 aliphatic carbocycles. The van der Waals surface area contributed by atoms with Gasteiger partial charge in [-0.15, -0.1) is 0 Å². The van der Waals surface area contributed by atoms with Crippen LogP contribution in [0, 0.1) is 0 Å². The van der Waals surface area contributed by atoms with E-state index in [9.17, 15) is 8.76 Å². The molecule has 0 amide bonds. The second kappa shape index (κ2) is 6.24. The van der Waals surface area contributed by atoms with Crippen molar-refractivity contribution in [3.63, 3.8) is 0 Å². The Morgan fingerprint density at radius 2 is 1.92 bits per heavy atom. The van der Waals surface area contributed by atoms with Crippen molar-refractivity contribution in [1.82, 2.24) is 0 Å². The Bertz CT molecular complexity index is 273. The second-order valence-corrected chi connectivity index (χ2v) is 2.86. The maximum absolute atomic E-state index is 10.1. The molecule has 1 rings (SSSR count). The minimum Gasteiger partial charge on any atom is -0.740 e. The molecule has 0 heterocycles. The van der Waals surface area contributed by atoms with Crippen molar-refractivity contribution in [1.29, 1.82) is 0 Å². The van der Waals surface area contributed by atoms with Crippen LogP contribution in [-0.4, -0.2) is 8.76 Å². The van der Waals surface area contributed by atoms with E-state index in [0.29, 0.717) is 5.75 Å². The predicted octanol–water partition coefficient (Wildman–Crippen LogP) is 1.42. The zero-order chi connectivity index (χ0) is 8.97. The van der Waals surface area contributed by atoms with Crippen molar-refractivity contribution in [3.05, 3.63) is 29.8 Å². The molecule has 0 radical (unpaired) electrons. The zero-order valence-corrected chi connectivity index (χ0v) is 11.1. The second-order valence-electron chi connectivity index (χ2n) is 2.28. The summed E-state index contributed by atoms with van der Waals surface area (Å²) in [6.07, 6.45) is 0.931. The number of hydrogen-bond donors (Lipinski definition) is 0. The molecule has 3 nitrogen and oxygen atoms in total. The molecule has 0 spiro atoms. The average Bonchev–Trinajstić information content (AvgIpc) is 2.05.